The van der Waals surface area contributed by atoms with Gasteiger partial charge in [0.25, 0.3) is 0 Å². The van der Waals surface area contributed by atoms with Crippen molar-refractivity contribution >= 4 is 17.4 Å². The van der Waals surface area contributed by atoms with Crippen LogP contribution in [-0.4, -0.2) is 6.03 Å². The molecule has 23 heavy (non-hydrogen) atoms. The van der Waals surface area contributed by atoms with Crippen LogP contribution in [0.15, 0.2) is 42.5 Å². The van der Waals surface area contributed by atoms with E-state index in [1.54, 1.807) is 24.3 Å². The zero-order valence-corrected chi connectivity index (χ0v) is 12.2. The van der Waals surface area contributed by atoms with Crippen molar-refractivity contribution in [2.45, 2.75) is 19.5 Å². The molecule has 0 spiro atoms. The van der Waals surface area contributed by atoms with Crippen LogP contribution in [0.3, 0.4) is 0 Å². The van der Waals surface area contributed by atoms with Crippen LogP contribution in [0.5, 0.6) is 0 Å². The lowest BCUT2D eigenvalue weighted by Crippen LogP contribution is -2.20. The lowest BCUT2D eigenvalue weighted by Gasteiger charge is -2.12. The first kappa shape index (κ1) is 16.8. The SMILES string of the molecule is CCc1ccc(NC(=O)Nc2cc(C(F)(F)F)ccc2F)cc1. The Morgan fingerprint density at radius 1 is 1.04 bits per heavy atom. The number of anilines is 2. The highest BCUT2D eigenvalue weighted by Crippen LogP contribution is 2.31. The maximum Gasteiger partial charge on any atom is 0.416 e. The molecule has 2 aromatic rings. The van der Waals surface area contributed by atoms with Gasteiger partial charge in [0.05, 0.1) is 11.3 Å². The Labute approximate surface area is 130 Å². The maximum absolute atomic E-state index is 13.5. The van der Waals surface area contributed by atoms with E-state index in [9.17, 15) is 22.4 Å². The number of carbonyl (C=O) groups excluding carboxylic acids is 1. The standard InChI is InChI=1S/C16H14F4N2O/c1-2-10-3-6-12(7-4-10)21-15(23)22-14-9-11(16(18,19)20)5-8-13(14)17/h3-9H,2H2,1H3,(H2,21,22,23). The van der Waals surface area contributed by atoms with Gasteiger partial charge in [0.15, 0.2) is 0 Å². The number of aryl methyl sites for hydroxylation is 1. The first-order chi connectivity index (χ1) is 10.8. The van der Waals surface area contributed by atoms with E-state index in [0.717, 1.165) is 12.0 Å². The number of alkyl halides is 3. The van der Waals surface area contributed by atoms with Gasteiger partial charge in [0.1, 0.15) is 5.82 Å². The van der Waals surface area contributed by atoms with Crippen molar-refractivity contribution in [1.82, 2.24) is 0 Å². The van der Waals surface area contributed by atoms with Gasteiger partial charge in [0.2, 0.25) is 0 Å². The second-order valence-electron chi connectivity index (χ2n) is 4.82. The number of benzene rings is 2. The van der Waals surface area contributed by atoms with Gasteiger partial charge >= 0.3 is 12.2 Å². The number of halogens is 4. The summed E-state index contributed by atoms with van der Waals surface area (Å²) < 4.78 is 51.4. The predicted octanol–water partition coefficient (Wildman–Crippen LogP) is 5.05. The molecule has 0 aromatic heterocycles. The summed E-state index contributed by atoms with van der Waals surface area (Å²) in [6.45, 7) is 1.98. The molecule has 0 aliphatic heterocycles. The monoisotopic (exact) mass is 326 g/mol. The van der Waals surface area contributed by atoms with Crippen molar-refractivity contribution in [2.24, 2.45) is 0 Å². The molecule has 2 N–H and O–H groups in total. The molecular weight excluding hydrogens is 312 g/mol. The van der Waals surface area contributed by atoms with Crippen LogP contribution in [0.4, 0.5) is 33.7 Å². The smallest absolute Gasteiger partial charge is 0.308 e. The molecule has 0 unspecified atom stereocenters. The van der Waals surface area contributed by atoms with E-state index in [4.69, 9.17) is 0 Å². The number of nitrogens with one attached hydrogen (secondary N) is 2. The fraction of sp³-hybridized carbons (Fsp3) is 0.188. The summed E-state index contributed by atoms with van der Waals surface area (Å²) in [6.07, 6.45) is -3.78. The molecule has 2 aromatic carbocycles. The summed E-state index contributed by atoms with van der Waals surface area (Å²) in [7, 11) is 0. The van der Waals surface area contributed by atoms with Crippen molar-refractivity contribution in [2.75, 3.05) is 10.6 Å². The Kier molecular flexibility index (Phi) is 4.88. The van der Waals surface area contributed by atoms with E-state index < -0.39 is 29.3 Å². The minimum absolute atomic E-state index is 0.451. The Hall–Kier alpha value is -2.57. The Bertz CT molecular complexity index is 696. The molecular formula is C16H14F4N2O. The van der Waals surface area contributed by atoms with Crippen LogP contribution in [0.2, 0.25) is 0 Å². The highest BCUT2D eigenvalue weighted by atomic mass is 19.4. The van der Waals surface area contributed by atoms with Gasteiger partial charge in [0, 0.05) is 5.69 Å². The molecule has 0 aliphatic rings. The lowest BCUT2D eigenvalue weighted by atomic mass is 10.1. The lowest BCUT2D eigenvalue weighted by molar-refractivity contribution is -0.137. The summed E-state index contributed by atoms with van der Waals surface area (Å²) in [5.41, 5.74) is -0.0593. The summed E-state index contributed by atoms with van der Waals surface area (Å²) >= 11 is 0. The second-order valence-corrected chi connectivity index (χ2v) is 4.82. The van der Waals surface area contributed by atoms with Crippen LogP contribution < -0.4 is 10.6 Å². The molecule has 2 amide bonds. The van der Waals surface area contributed by atoms with Crippen molar-refractivity contribution in [3.8, 4) is 0 Å². The fourth-order valence-electron chi connectivity index (χ4n) is 1.91. The average molecular weight is 326 g/mol. The van der Waals surface area contributed by atoms with Crippen molar-refractivity contribution in [3.05, 3.63) is 59.4 Å². The molecule has 0 atom stereocenters. The predicted molar refractivity (Wildman–Crippen MR) is 79.9 cm³/mol. The topological polar surface area (TPSA) is 41.1 Å². The third kappa shape index (κ3) is 4.45. The van der Waals surface area contributed by atoms with Crippen LogP contribution in [0, 0.1) is 5.82 Å². The quantitative estimate of drug-likeness (QED) is 0.761. The Morgan fingerprint density at radius 2 is 1.70 bits per heavy atom. The largest absolute Gasteiger partial charge is 0.416 e. The molecule has 0 saturated carbocycles. The summed E-state index contributed by atoms with van der Waals surface area (Å²) in [4.78, 5) is 11.8. The van der Waals surface area contributed by atoms with Crippen LogP contribution in [0.1, 0.15) is 18.1 Å². The molecule has 122 valence electrons. The normalized spacial score (nSPS) is 11.2. The fourth-order valence-corrected chi connectivity index (χ4v) is 1.91. The maximum atomic E-state index is 13.5. The molecule has 2 rings (SSSR count). The molecule has 0 fully saturated rings. The third-order valence-corrected chi connectivity index (χ3v) is 3.16. The third-order valence-electron chi connectivity index (χ3n) is 3.16. The highest BCUT2D eigenvalue weighted by molar-refractivity contribution is 5.99. The number of hydrogen-bond donors (Lipinski definition) is 2. The van der Waals surface area contributed by atoms with Crippen LogP contribution >= 0.6 is 0 Å². The highest BCUT2D eigenvalue weighted by Gasteiger charge is 2.31. The molecule has 0 aliphatic carbocycles. The Balaban J connectivity index is 2.10. The van der Waals surface area contributed by atoms with Gasteiger partial charge in [-0.1, -0.05) is 19.1 Å². The number of rotatable bonds is 3. The minimum Gasteiger partial charge on any atom is -0.308 e. The van der Waals surface area contributed by atoms with Gasteiger partial charge in [-0.3, -0.25) is 0 Å². The number of carbonyl (C=O) groups is 1. The Morgan fingerprint density at radius 3 is 2.26 bits per heavy atom. The average Bonchev–Trinajstić information content (AvgIpc) is 2.49. The molecule has 0 radical (unpaired) electrons. The van der Waals surface area contributed by atoms with E-state index >= 15 is 0 Å². The number of amides is 2. The summed E-state index contributed by atoms with van der Waals surface area (Å²) in [5, 5.41) is 4.50. The molecule has 7 heteroatoms. The van der Waals surface area contributed by atoms with Gasteiger partial charge < -0.3 is 10.6 Å². The summed E-state index contributed by atoms with van der Waals surface area (Å²) in [5.74, 6) is -0.950. The number of hydrogen-bond acceptors (Lipinski definition) is 1. The van der Waals surface area contributed by atoms with E-state index in [1.807, 2.05) is 6.92 Å². The molecule has 0 bridgehead atoms. The zero-order chi connectivity index (χ0) is 17.0. The number of urea groups is 1. The minimum atomic E-state index is -4.61. The first-order valence-corrected chi connectivity index (χ1v) is 6.83. The van der Waals surface area contributed by atoms with Gasteiger partial charge in [-0.25, -0.2) is 9.18 Å². The molecule has 0 saturated heterocycles. The zero-order valence-electron chi connectivity index (χ0n) is 12.2. The van der Waals surface area contributed by atoms with Crippen LogP contribution in [-0.2, 0) is 12.6 Å². The van der Waals surface area contributed by atoms with Gasteiger partial charge in [-0.2, -0.15) is 13.2 Å². The van der Waals surface area contributed by atoms with E-state index in [2.05, 4.69) is 10.6 Å². The molecule has 0 heterocycles. The summed E-state index contributed by atoms with van der Waals surface area (Å²) in [6, 6.07) is 7.92. The van der Waals surface area contributed by atoms with E-state index in [0.29, 0.717) is 23.9 Å². The molecule has 3 nitrogen and oxygen atoms in total. The van der Waals surface area contributed by atoms with Crippen molar-refractivity contribution < 1.29 is 22.4 Å². The van der Waals surface area contributed by atoms with Crippen LogP contribution in [0.25, 0.3) is 0 Å². The van der Waals surface area contributed by atoms with E-state index in [1.165, 1.54) is 0 Å². The van der Waals surface area contributed by atoms with E-state index in [-0.39, 0.29) is 0 Å². The second kappa shape index (κ2) is 6.68. The van der Waals surface area contributed by atoms with Crippen molar-refractivity contribution in [3.63, 3.8) is 0 Å². The van der Waals surface area contributed by atoms with Crippen molar-refractivity contribution in [1.29, 1.82) is 0 Å². The first-order valence-electron chi connectivity index (χ1n) is 6.83. The van der Waals surface area contributed by atoms with Gasteiger partial charge in [-0.05, 0) is 42.3 Å². The van der Waals surface area contributed by atoms with Gasteiger partial charge in [-0.15, -0.1) is 0 Å².